The molecule has 0 heterocycles. The van der Waals surface area contributed by atoms with Gasteiger partial charge in [0.05, 0.1) is 5.56 Å². The van der Waals surface area contributed by atoms with Crippen molar-refractivity contribution in [2.45, 2.75) is 52.3 Å². The van der Waals surface area contributed by atoms with E-state index in [9.17, 15) is 13.2 Å². The van der Waals surface area contributed by atoms with Crippen molar-refractivity contribution in [3.8, 4) is 0 Å². The van der Waals surface area contributed by atoms with Crippen LogP contribution in [0.15, 0.2) is 24.3 Å². The predicted octanol–water partition coefficient (Wildman–Crippen LogP) is 4.66. The third-order valence-electron chi connectivity index (χ3n) is 3.62. The largest absolute Gasteiger partial charge is 0.416 e. The number of benzene rings is 1. The van der Waals surface area contributed by atoms with Gasteiger partial charge in [0.1, 0.15) is 0 Å². The Morgan fingerprint density at radius 3 is 2.15 bits per heavy atom. The second-order valence-corrected chi connectivity index (χ2v) is 5.34. The highest BCUT2D eigenvalue weighted by Crippen LogP contribution is 2.29. The molecule has 114 valence electrons. The van der Waals surface area contributed by atoms with Gasteiger partial charge in [0.2, 0.25) is 0 Å². The zero-order valence-electron chi connectivity index (χ0n) is 12.4. The van der Waals surface area contributed by atoms with E-state index in [1.807, 2.05) is 0 Å². The van der Waals surface area contributed by atoms with Crippen LogP contribution in [-0.4, -0.2) is 12.6 Å². The highest BCUT2D eigenvalue weighted by atomic mass is 19.4. The second-order valence-electron chi connectivity index (χ2n) is 5.34. The summed E-state index contributed by atoms with van der Waals surface area (Å²) in [6.45, 7) is 7.39. The Balaban J connectivity index is 2.63. The van der Waals surface area contributed by atoms with Crippen LogP contribution in [0.25, 0.3) is 0 Å². The molecule has 0 radical (unpaired) electrons. The summed E-state index contributed by atoms with van der Waals surface area (Å²) in [6, 6.07) is 5.93. The van der Waals surface area contributed by atoms with Crippen LogP contribution < -0.4 is 5.32 Å². The monoisotopic (exact) mass is 287 g/mol. The van der Waals surface area contributed by atoms with Crippen molar-refractivity contribution >= 4 is 0 Å². The van der Waals surface area contributed by atoms with Gasteiger partial charge in [0.15, 0.2) is 0 Å². The van der Waals surface area contributed by atoms with E-state index in [0.29, 0.717) is 12.0 Å². The van der Waals surface area contributed by atoms with E-state index in [1.54, 1.807) is 12.1 Å². The predicted molar refractivity (Wildman–Crippen MR) is 76.7 cm³/mol. The molecule has 1 aromatic rings. The SMILES string of the molecule is CCCNC(CC)C(C)Cc1ccc(C(F)(F)F)cc1. The van der Waals surface area contributed by atoms with Gasteiger partial charge in [-0.1, -0.05) is 32.9 Å². The lowest BCUT2D eigenvalue weighted by Gasteiger charge is -2.24. The molecule has 2 atom stereocenters. The fourth-order valence-electron chi connectivity index (χ4n) is 2.42. The van der Waals surface area contributed by atoms with Gasteiger partial charge < -0.3 is 5.32 Å². The van der Waals surface area contributed by atoms with E-state index in [1.165, 1.54) is 12.1 Å². The Hall–Kier alpha value is -1.03. The van der Waals surface area contributed by atoms with Gasteiger partial charge in [-0.15, -0.1) is 0 Å². The lowest BCUT2D eigenvalue weighted by molar-refractivity contribution is -0.137. The Labute approximate surface area is 119 Å². The summed E-state index contributed by atoms with van der Waals surface area (Å²) in [5.41, 5.74) is 0.382. The van der Waals surface area contributed by atoms with Gasteiger partial charge in [0.25, 0.3) is 0 Å². The minimum absolute atomic E-state index is 0.406. The van der Waals surface area contributed by atoms with Crippen LogP contribution in [0.3, 0.4) is 0 Å². The average molecular weight is 287 g/mol. The fourth-order valence-corrected chi connectivity index (χ4v) is 2.42. The van der Waals surface area contributed by atoms with E-state index in [4.69, 9.17) is 0 Å². The van der Waals surface area contributed by atoms with Gasteiger partial charge >= 0.3 is 6.18 Å². The third kappa shape index (κ3) is 5.16. The van der Waals surface area contributed by atoms with E-state index in [0.717, 1.165) is 31.4 Å². The normalized spacial score (nSPS) is 15.1. The van der Waals surface area contributed by atoms with Gasteiger partial charge in [-0.3, -0.25) is 0 Å². The second kappa shape index (κ2) is 7.67. The maximum atomic E-state index is 12.5. The molecule has 1 rings (SSSR count). The summed E-state index contributed by atoms with van der Waals surface area (Å²) in [4.78, 5) is 0. The Morgan fingerprint density at radius 1 is 1.10 bits per heavy atom. The first-order valence-corrected chi connectivity index (χ1v) is 7.28. The summed E-state index contributed by atoms with van der Waals surface area (Å²) < 4.78 is 37.5. The number of nitrogens with one attached hydrogen (secondary N) is 1. The molecule has 4 heteroatoms. The molecule has 2 unspecified atom stereocenters. The zero-order valence-corrected chi connectivity index (χ0v) is 12.4. The lowest BCUT2D eigenvalue weighted by Crippen LogP contribution is -2.35. The first-order chi connectivity index (χ1) is 9.38. The smallest absolute Gasteiger partial charge is 0.314 e. The molecule has 0 aliphatic rings. The Morgan fingerprint density at radius 2 is 1.70 bits per heavy atom. The van der Waals surface area contributed by atoms with Gasteiger partial charge in [0, 0.05) is 6.04 Å². The summed E-state index contributed by atoms with van der Waals surface area (Å²) in [6.07, 6.45) is -1.34. The molecule has 0 fully saturated rings. The maximum absolute atomic E-state index is 12.5. The zero-order chi connectivity index (χ0) is 15.2. The number of hydrogen-bond donors (Lipinski definition) is 1. The Kier molecular flexibility index (Phi) is 6.53. The van der Waals surface area contributed by atoms with Crippen molar-refractivity contribution in [2.75, 3.05) is 6.54 Å². The topological polar surface area (TPSA) is 12.0 Å². The van der Waals surface area contributed by atoms with Crippen molar-refractivity contribution in [3.63, 3.8) is 0 Å². The van der Waals surface area contributed by atoms with Gasteiger partial charge in [-0.05, 0) is 49.4 Å². The first kappa shape index (κ1) is 17.0. The van der Waals surface area contributed by atoms with Crippen molar-refractivity contribution < 1.29 is 13.2 Å². The summed E-state index contributed by atoms with van der Waals surface area (Å²) in [5.74, 6) is 0.406. The molecule has 0 amide bonds. The molecule has 0 saturated heterocycles. The van der Waals surface area contributed by atoms with Crippen molar-refractivity contribution in [1.82, 2.24) is 5.32 Å². The van der Waals surface area contributed by atoms with Crippen LogP contribution in [0, 0.1) is 5.92 Å². The molecule has 0 saturated carbocycles. The van der Waals surface area contributed by atoms with Crippen LogP contribution in [0.4, 0.5) is 13.2 Å². The molecular formula is C16H24F3N. The number of hydrogen-bond acceptors (Lipinski definition) is 1. The van der Waals surface area contributed by atoms with Gasteiger partial charge in [-0.25, -0.2) is 0 Å². The number of alkyl halides is 3. The average Bonchev–Trinajstić information content (AvgIpc) is 2.39. The van der Waals surface area contributed by atoms with Crippen molar-refractivity contribution in [3.05, 3.63) is 35.4 Å². The number of rotatable bonds is 7. The molecule has 1 aromatic carbocycles. The summed E-state index contributed by atoms with van der Waals surface area (Å²) in [5, 5.41) is 3.49. The quantitative estimate of drug-likeness (QED) is 0.769. The van der Waals surface area contributed by atoms with E-state index in [2.05, 4.69) is 26.1 Å². The molecule has 1 N–H and O–H groups in total. The van der Waals surface area contributed by atoms with E-state index in [-0.39, 0.29) is 0 Å². The minimum atomic E-state index is -4.25. The van der Waals surface area contributed by atoms with Crippen LogP contribution in [0.1, 0.15) is 44.7 Å². The molecule has 0 bridgehead atoms. The van der Waals surface area contributed by atoms with Crippen LogP contribution >= 0.6 is 0 Å². The van der Waals surface area contributed by atoms with Gasteiger partial charge in [-0.2, -0.15) is 13.2 Å². The van der Waals surface area contributed by atoms with Crippen molar-refractivity contribution in [2.24, 2.45) is 5.92 Å². The van der Waals surface area contributed by atoms with Crippen LogP contribution in [-0.2, 0) is 12.6 Å². The first-order valence-electron chi connectivity index (χ1n) is 7.28. The molecule has 0 aromatic heterocycles. The summed E-state index contributed by atoms with van der Waals surface area (Å²) >= 11 is 0. The molecule has 0 aliphatic carbocycles. The maximum Gasteiger partial charge on any atom is 0.416 e. The van der Waals surface area contributed by atoms with Crippen molar-refractivity contribution in [1.29, 1.82) is 0 Å². The van der Waals surface area contributed by atoms with E-state index >= 15 is 0 Å². The third-order valence-corrected chi connectivity index (χ3v) is 3.62. The number of halogens is 3. The van der Waals surface area contributed by atoms with E-state index < -0.39 is 11.7 Å². The molecule has 20 heavy (non-hydrogen) atoms. The highest BCUT2D eigenvalue weighted by Gasteiger charge is 2.30. The lowest BCUT2D eigenvalue weighted by atomic mass is 9.92. The minimum Gasteiger partial charge on any atom is -0.314 e. The summed E-state index contributed by atoms with van der Waals surface area (Å²) in [7, 11) is 0. The Bertz CT molecular complexity index is 384. The fraction of sp³-hybridized carbons (Fsp3) is 0.625. The molecular weight excluding hydrogens is 263 g/mol. The molecule has 1 nitrogen and oxygen atoms in total. The molecule has 0 spiro atoms. The highest BCUT2D eigenvalue weighted by molar-refractivity contribution is 5.25. The molecule has 0 aliphatic heterocycles. The van der Waals surface area contributed by atoms with Crippen LogP contribution in [0.2, 0.25) is 0 Å². The van der Waals surface area contributed by atoms with Crippen LogP contribution in [0.5, 0.6) is 0 Å². The standard InChI is InChI=1S/C16H24F3N/c1-4-10-20-15(5-2)12(3)11-13-6-8-14(9-7-13)16(17,18)19/h6-9,12,15,20H,4-5,10-11H2,1-3H3.